The fourth-order valence-electron chi connectivity index (χ4n) is 2.41. The SMILES string of the molecule is COc1ccc(CCNc2cc(/C(C)=C(\C=N\O)SC)nc(OC)n2)cc1. The maximum atomic E-state index is 8.82. The van der Waals surface area contributed by atoms with Crippen molar-refractivity contribution in [3.8, 4) is 11.8 Å². The van der Waals surface area contributed by atoms with Crippen LogP contribution in [-0.4, -0.2) is 48.4 Å². The van der Waals surface area contributed by atoms with Crippen LogP contribution in [-0.2, 0) is 6.42 Å². The van der Waals surface area contributed by atoms with Crippen molar-refractivity contribution in [1.82, 2.24) is 9.97 Å². The van der Waals surface area contributed by atoms with Crippen LogP contribution in [0.1, 0.15) is 18.2 Å². The highest BCUT2D eigenvalue weighted by atomic mass is 32.2. The number of ether oxygens (including phenoxy) is 2. The number of allylic oxidation sites excluding steroid dienone is 2. The molecule has 1 aromatic heterocycles. The molecular formula is C19H24N4O3S. The number of thioether (sulfide) groups is 1. The lowest BCUT2D eigenvalue weighted by Gasteiger charge is -2.11. The number of methoxy groups -OCH3 is 2. The van der Waals surface area contributed by atoms with Gasteiger partial charge >= 0.3 is 6.01 Å². The van der Waals surface area contributed by atoms with Crippen LogP contribution in [0.5, 0.6) is 11.8 Å². The average Bonchev–Trinajstić information content (AvgIpc) is 2.71. The Labute approximate surface area is 163 Å². The summed E-state index contributed by atoms with van der Waals surface area (Å²) < 4.78 is 10.4. The molecule has 7 nitrogen and oxygen atoms in total. The maximum absolute atomic E-state index is 8.82. The zero-order valence-corrected chi connectivity index (χ0v) is 16.7. The number of nitrogens with one attached hydrogen (secondary N) is 1. The van der Waals surface area contributed by atoms with Gasteiger partial charge in [0.25, 0.3) is 0 Å². The van der Waals surface area contributed by atoms with Crippen molar-refractivity contribution >= 4 is 29.4 Å². The molecule has 0 aliphatic rings. The number of oxime groups is 1. The summed E-state index contributed by atoms with van der Waals surface area (Å²) >= 11 is 1.47. The molecule has 0 saturated carbocycles. The Bertz CT molecular complexity index is 807. The molecule has 0 atom stereocenters. The van der Waals surface area contributed by atoms with Gasteiger partial charge < -0.3 is 20.0 Å². The van der Waals surface area contributed by atoms with Gasteiger partial charge in [0, 0.05) is 17.5 Å². The molecular weight excluding hydrogens is 364 g/mol. The van der Waals surface area contributed by atoms with Gasteiger partial charge in [-0.15, -0.1) is 11.8 Å². The molecule has 0 aliphatic carbocycles. The zero-order valence-electron chi connectivity index (χ0n) is 15.9. The Morgan fingerprint density at radius 2 is 1.96 bits per heavy atom. The number of aromatic nitrogens is 2. The number of nitrogens with zero attached hydrogens (tertiary/aromatic N) is 3. The monoisotopic (exact) mass is 388 g/mol. The van der Waals surface area contributed by atoms with Crippen molar-refractivity contribution < 1.29 is 14.7 Å². The predicted molar refractivity (Wildman–Crippen MR) is 110 cm³/mol. The third-order valence-corrected chi connectivity index (χ3v) is 4.77. The minimum absolute atomic E-state index is 0.278. The second-order valence-corrected chi connectivity index (χ2v) is 6.44. The molecule has 0 amide bonds. The molecule has 2 N–H and O–H groups in total. The van der Waals surface area contributed by atoms with E-state index in [9.17, 15) is 0 Å². The number of benzene rings is 1. The first kappa shape index (κ1) is 20.6. The first-order valence-electron chi connectivity index (χ1n) is 8.33. The van der Waals surface area contributed by atoms with E-state index in [2.05, 4.69) is 20.4 Å². The number of rotatable bonds is 9. The maximum Gasteiger partial charge on any atom is 0.318 e. The third kappa shape index (κ3) is 5.89. The first-order chi connectivity index (χ1) is 13.1. The Hall–Kier alpha value is -2.74. The Kier molecular flexibility index (Phi) is 7.94. The van der Waals surface area contributed by atoms with Gasteiger partial charge in [-0.2, -0.15) is 9.97 Å². The van der Waals surface area contributed by atoms with E-state index in [0.717, 1.165) is 22.6 Å². The molecule has 144 valence electrons. The molecule has 8 heteroatoms. The summed E-state index contributed by atoms with van der Waals surface area (Å²) in [6.07, 6.45) is 4.14. The lowest BCUT2D eigenvalue weighted by atomic mass is 10.1. The number of anilines is 1. The fraction of sp³-hybridized carbons (Fsp3) is 0.316. The molecule has 0 fully saturated rings. The van der Waals surface area contributed by atoms with Gasteiger partial charge in [0.1, 0.15) is 11.6 Å². The Morgan fingerprint density at radius 1 is 1.22 bits per heavy atom. The van der Waals surface area contributed by atoms with Crippen LogP contribution < -0.4 is 14.8 Å². The highest BCUT2D eigenvalue weighted by molar-refractivity contribution is 8.03. The second-order valence-electron chi connectivity index (χ2n) is 5.59. The molecule has 1 heterocycles. The van der Waals surface area contributed by atoms with Gasteiger partial charge in [-0.05, 0) is 42.9 Å². The molecule has 2 rings (SSSR count). The minimum atomic E-state index is 0.278. The van der Waals surface area contributed by atoms with Gasteiger partial charge in [-0.25, -0.2) is 0 Å². The van der Waals surface area contributed by atoms with E-state index in [1.165, 1.54) is 30.6 Å². The van der Waals surface area contributed by atoms with E-state index in [4.69, 9.17) is 14.7 Å². The Morgan fingerprint density at radius 3 is 2.56 bits per heavy atom. The molecule has 0 radical (unpaired) electrons. The molecule has 0 bridgehead atoms. The van der Waals surface area contributed by atoms with Crippen molar-refractivity contribution in [1.29, 1.82) is 0 Å². The summed E-state index contributed by atoms with van der Waals surface area (Å²) in [5.74, 6) is 1.52. The van der Waals surface area contributed by atoms with Crippen molar-refractivity contribution in [3.63, 3.8) is 0 Å². The topological polar surface area (TPSA) is 88.9 Å². The van der Waals surface area contributed by atoms with Crippen LogP contribution in [0.15, 0.2) is 40.4 Å². The van der Waals surface area contributed by atoms with E-state index in [1.54, 1.807) is 7.11 Å². The molecule has 0 aliphatic heterocycles. The van der Waals surface area contributed by atoms with E-state index >= 15 is 0 Å². The summed E-state index contributed by atoms with van der Waals surface area (Å²) in [7, 11) is 3.19. The number of hydrogen-bond acceptors (Lipinski definition) is 8. The van der Waals surface area contributed by atoms with Gasteiger partial charge in [0.15, 0.2) is 0 Å². The van der Waals surface area contributed by atoms with Gasteiger partial charge in [-0.1, -0.05) is 17.3 Å². The van der Waals surface area contributed by atoms with Crippen LogP contribution in [0, 0.1) is 0 Å². The highest BCUT2D eigenvalue weighted by Crippen LogP contribution is 2.25. The van der Waals surface area contributed by atoms with Crippen LogP contribution >= 0.6 is 11.8 Å². The zero-order chi connectivity index (χ0) is 19.6. The second kappa shape index (κ2) is 10.4. The average molecular weight is 388 g/mol. The fourth-order valence-corrected chi connectivity index (χ4v) is 2.97. The van der Waals surface area contributed by atoms with Crippen LogP contribution in [0.4, 0.5) is 5.82 Å². The quantitative estimate of drug-likeness (QED) is 0.385. The standard InChI is InChI=1S/C19H24N4O3S/c1-13(17(27-4)12-21-24)16-11-18(23-19(22-16)26-3)20-10-9-14-5-7-15(25-2)8-6-14/h5-8,11-12,24H,9-10H2,1-4H3,(H,20,22,23)/b17-13+,21-12+. The van der Waals surface area contributed by atoms with E-state index in [0.29, 0.717) is 18.1 Å². The van der Waals surface area contributed by atoms with Crippen molar-refractivity contribution in [2.45, 2.75) is 13.3 Å². The summed E-state index contributed by atoms with van der Waals surface area (Å²) in [6.45, 7) is 2.62. The van der Waals surface area contributed by atoms with E-state index < -0.39 is 0 Å². The number of hydrogen-bond donors (Lipinski definition) is 2. The largest absolute Gasteiger partial charge is 0.497 e. The molecule has 0 unspecified atom stereocenters. The molecule has 1 aromatic carbocycles. The van der Waals surface area contributed by atoms with Crippen LogP contribution in [0.25, 0.3) is 5.57 Å². The lowest BCUT2D eigenvalue weighted by Crippen LogP contribution is -2.08. The predicted octanol–water partition coefficient (Wildman–Crippen LogP) is 3.70. The summed E-state index contributed by atoms with van der Waals surface area (Å²) in [5.41, 5.74) is 2.78. The van der Waals surface area contributed by atoms with E-state index in [1.807, 2.05) is 43.5 Å². The third-order valence-electron chi connectivity index (χ3n) is 3.92. The smallest absolute Gasteiger partial charge is 0.318 e. The van der Waals surface area contributed by atoms with Gasteiger partial charge in [-0.3, -0.25) is 0 Å². The van der Waals surface area contributed by atoms with Crippen LogP contribution in [0.2, 0.25) is 0 Å². The molecule has 0 spiro atoms. The normalized spacial score (nSPS) is 12.0. The Balaban J connectivity index is 2.14. The van der Waals surface area contributed by atoms with Crippen molar-refractivity contribution in [2.75, 3.05) is 32.3 Å². The van der Waals surface area contributed by atoms with Gasteiger partial charge in [0.05, 0.1) is 26.1 Å². The molecule has 2 aromatic rings. The summed E-state index contributed by atoms with van der Waals surface area (Å²) in [6, 6.07) is 10.1. The first-order valence-corrected chi connectivity index (χ1v) is 9.56. The van der Waals surface area contributed by atoms with Crippen molar-refractivity contribution in [3.05, 3.63) is 46.5 Å². The van der Waals surface area contributed by atoms with Gasteiger partial charge in [0.2, 0.25) is 0 Å². The molecule has 27 heavy (non-hydrogen) atoms. The van der Waals surface area contributed by atoms with E-state index in [-0.39, 0.29) is 6.01 Å². The molecule has 0 saturated heterocycles. The summed E-state index contributed by atoms with van der Waals surface area (Å²) in [5, 5.41) is 15.2. The lowest BCUT2D eigenvalue weighted by molar-refractivity contribution is 0.322. The highest BCUT2D eigenvalue weighted by Gasteiger charge is 2.10. The summed E-state index contributed by atoms with van der Waals surface area (Å²) in [4.78, 5) is 9.54. The minimum Gasteiger partial charge on any atom is -0.497 e. The van der Waals surface area contributed by atoms with Crippen molar-refractivity contribution in [2.24, 2.45) is 5.16 Å². The van der Waals surface area contributed by atoms with Crippen LogP contribution in [0.3, 0.4) is 0 Å².